The summed E-state index contributed by atoms with van der Waals surface area (Å²) in [6, 6.07) is 9.61. The van der Waals surface area contributed by atoms with Crippen molar-refractivity contribution >= 4 is 28.9 Å². The number of halogens is 3. The van der Waals surface area contributed by atoms with Gasteiger partial charge in [0.2, 0.25) is 0 Å². The normalized spacial score (nSPS) is 10.3. The molecule has 19 heavy (non-hydrogen) atoms. The van der Waals surface area contributed by atoms with Crippen LogP contribution in [0.25, 0.3) is 0 Å². The molecule has 0 bridgehead atoms. The molecule has 2 nitrogen and oxygen atoms in total. The number of methoxy groups -OCH3 is 1. The first kappa shape index (κ1) is 14.0. The first-order valence-corrected chi connectivity index (χ1v) is 6.37. The quantitative estimate of drug-likeness (QED) is 0.879. The van der Waals surface area contributed by atoms with E-state index in [1.807, 2.05) is 6.07 Å². The standard InChI is InChI=1S/C14H12Cl2FNO/c1-19-14-5-3-11(7-13(14)16)18-8-9-6-10(17)2-4-12(9)15/h2-7,18H,8H2,1H3. The Morgan fingerprint density at radius 1 is 1.11 bits per heavy atom. The molecule has 5 heteroatoms. The first-order chi connectivity index (χ1) is 9.10. The molecule has 2 aromatic rings. The van der Waals surface area contributed by atoms with Gasteiger partial charge in [0.25, 0.3) is 0 Å². The third-order valence-corrected chi connectivity index (χ3v) is 3.31. The molecular formula is C14H12Cl2FNO. The van der Waals surface area contributed by atoms with Gasteiger partial charge in [-0.05, 0) is 42.0 Å². The Balaban J connectivity index is 2.10. The molecule has 0 aliphatic heterocycles. The first-order valence-electron chi connectivity index (χ1n) is 5.61. The summed E-state index contributed by atoms with van der Waals surface area (Å²) in [7, 11) is 1.56. The van der Waals surface area contributed by atoms with Crippen molar-refractivity contribution in [3.05, 3.63) is 57.8 Å². The van der Waals surface area contributed by atoms with Crippen LogP contribution in [0.1, 0.15) is 5.56 Å². The topological polar surface area (TPSA) is 21.3 Å². The molecule has 0 unspecified atom stereocenters. The highest BCUT2D eigenvalue weighted by Crippen LogP contribution is 2.27. The van der Waals surface area contributed by atoms with Crippen molar-refractivity contribution in [1.29, 1.82) is 0 Å². The van der Waals surface area contributed by atoms with Gasteiger partial charge in [-0.15, -0.1) is 0 Å². The van der Waals surface area contributed by atoms with Crippen molar-refractivity contribution in [1.82, 2.24) is 0 Å². The summed E-state index contributed by atoms with van der Waals surface area (Å²) in [4.78, 5) is 0. The molecule has 1 N–H and O–H groups in total. The number of nitrogens with one attached hydrogen (secondary N) is 1. The predicted octanol–water partition coefficient (Wildman–Crippen LogP) is 4.75. The second kappa shape index (κ2) is 6.13. The zero-order valence-electron chi connectivity index (χ0n) is 10.2. The van der Waals surface area contributed by atoms with Crippen LogP contribution in [0.4, 0.5) is 10.1 Å². The molecule has 0 heterocycles. The number of hydrogen-bond acceptors (Lipinski definition) is 2. The minimum absolute atomic E-state index is 0.311. The maximum atomic E-state index is 13.1. The average molecular weight is 300 g/mol. The smallest absolute Gasteiger partial charge is 0.137 e. The Hall–Kier alpha value is -1.45. The molecule has 0 saturated heterocycles. The van der Waals surface area contributed by atoms with Gasteiger partial charge >= 0.3 is 0 Å². The molecule has 0 aromatic heterocycles. The molecule has 100 valence electrons. The van der Waals surface area contributed by atoms with E-state index < -0.39 is 0 Å². The van der Waals surface area contributed by atoms with E-state index in [4.69, 9.17) is 27.9 Å². The predicted molar refractivity (Wildman–Crippen MR) is 76.7 cm³/mol. The fraction of sp³-hybridized carbons (Fsp3) is 0.143. The van der Waals surface area contributed by atoms with E-state index in [1.54, 1.807) is 19.2 Å². The highest BCUT2D eigenvalue weighted by atomic mass is 35.5. The van der Waals surface area contributed by atoms with Crippen LogP contribution in [0.15, 0.2) is 36.4 Å². The van der Waals surface area contributed by atoms with Crippen LogP contribution in [0, 0.1) is 5.82 Å². The van der Waals surface area contributed by atoms with E-state index in [2.05, 4.69) is 5.32 Å². The monoisotopic (exact) mass is 299 g/mol. The Labute approximate surface area is 121 Å². The van der Waals surface area contributed by atoms with E-state index in [9.17, 15) is 4.39 Å². The van der Waals surface area contributed by atoms with Crippen LogP contribution in [-0.4, -0.2) is 7.11 Å². The lowest BCUT2D eigenvalue weighted by atomic mass is 10.2. The summed E-state index contributed by atoms with van der Waals surface area (Å²) in [5, 5.41) is 4.16. The molecular weight excluding hydrogens is 288 g/mol. The third-order valence-electron chi connectivity index (χ3n) is 2.64. The van der Waals surface area contributed by atoms with Gasteiger partial charge in [0.05, 0.1) is 12.1 Å². The number of rotatable bonds is 4. The van der Waals surface area contributed by atoms with Gasteiger partial charge in [-0.25, -0.2) is 4.39 Å². The average Bonchev–Trinajstić information content (AvgIpc) is 2.40. The molecule has 0 amide bonds. The van der Waals surface area contributed by atoms with Gasteiger partial charge in [-0.1, -0.05) is 23.2 Å². The Morgan fingerprint density at radius 3 is 2.58 bits per heavy atom. The van der Waals surface area contributed by atoms with E-state index in [-0.39, 0.29) is 5.82 Å². The van der Waals surface area contributed by atoms with Crippen LogP contribution in [-0.2, 0) is 6.54 Å². The summed E-state index contributed by atoms with van der Waals surface area (Å²) < 4.78 is 18.2. The van der Waals surface area contributed by atoms with E-state index >= 15 is 0 Å². The van der Waals surface area contributed by atoms with Crippen LogP contribution in [0.2, 0.25) is 10.0 Å². The fourth-order valence-electron chi connectivity index (χ4n) is 1.65. The van der Waals surface area contributed by atoms with Gasteiger partial charge in [-0.2, -0.15) is 0 Å². The van der Waals surface area contributed by atoms with Crippen molar-refractivity contribution in [2.24, 2.45) is 0 Å². The summed E-state index contributed by atoms with van der Waals surface area (Å²) in [6.07, 6.45) is 0. The Morgan fingerprint density at radius 2 is 1.89 bits per heavy atom. The lowest BCUT2D eigenvalue weighted by Gasteiger charge is -2.10. The van der Waals surface area contributed by atoms with Gasteiger partial charge in [0, 0.05) is 17.3 Å². The van der Waals surface area contributed by atoms with Gasteiger partial charge in [-0.3, -0.25) is 0 Å². The highest BCUT2D eigenvalue weighted by Gasteiger charge is 2.04. The zero-order chi connectivity index (χ0) is 13.8. The maximum absolute atomic E-state index is 13.1. The zero-order valence-corrected chi connectivity index (χ0v) is 11.7. The summed E-state index contributed by atoms with van der Waals surface area (Å²) in [5.41, 5.74) is 1.50. The summed E-state index contributed by atoms with van der Waals surface area (Å²) in [6.45, 7) is 0.416. The van der Waals surface area contributed by atoms with Crippen LogP contribution in [0.5, 0.6) is 5.75 Å². The van der Waals surface area contributed by atoms with Crippen LogP contribution in [0.3, 0.4) is 0 Å². The van der Waals surface area contributed by atoms with Crippen molar-refractivity contribution < 1.29 is 9.13 Å². The molecule has 2 aromatic carbocycles. The molecule has 2 rings (SSSR count). The Bertz CT molecular complexity index is 590. The lowest BCUT2D eigenvalue weighted by molar-refractivity contribution is 0.415. The molecule has 0 saturated carbocycles. The minimum Gasteiger partial charge on any atom is -0.495 e. The number of benzene rings is 2. The lowest BCUT2D eigenvalue weighted by Crippen LogP contribution is -2.00. The highest BCUT2D eigenvalue weighted by molar-refractivity contribution is 6.32. The van der Waals surface area contributed by atoms with Crippen molar-refractivity contribution in [3.8, 4) is 5.75 Å². The summed E-state index contributed by atoms with van der Waals surface area (Å²) >= 11 is 12.0. The van der Waals surface area contributed by atoms with Gasteiger partial charge in [0.1, 0.15) is 11.6 Å². The molecule has 0 fully saturated rings. The molecule has 0 radical (unpaired) electrons. The molecule has 0 atom stereocenters. The van der Waals surface area contributed by atoms with Crippen molar-refractivity contribution in [2.45, 2.75) is 6.54 Å². The maximum Gasteiger partial charge on any atom is 0.137 e. The Kier molecular flexibility index (Phi) is 4.51. The van der Waals surface area contributed by atoms with E-state index in [0.29, 0.717) is 27.9 Å². The van der Waals surface area contributed by atoms with Gasteiger partial charge in [0.15, 0.2) is 0 Å². The minimum atomic E-state index is -0.311. The summed E-state index contributed by atoms with van der Waals surface area (Å²) in [5.74, 6) is 0.296. The number of anilines is 1. The van der Waals surface area contributed by atoms with Crippen molar-refractivity contribution in [2.75, 3.05) is 12.4 Å². The molecule has 0 spiro atoms. The third kappa shape index (κ3) is 3.52. The van der Waals surface area contributed by atoms with E-state index in [0.717, 1.165) is 5.69 Å². The largest absolute Gasteiger partial charge is 0.495 e. The molecule has 0 aliphatic carbocycles. The van der Waals surface area contributed by atoms with Crippen LogP contribution >= 0.6 is 23.2 Å². The number of hydrogen-bond donors (Lipinski definition) is 1. The number of ether oxygens (including phenoxy) is 1. The SMILES string of the molecule is COc1ccc(NCc2cc(F)ccc2Cl)cc1Cl. The molecule has 0 aliphatic rings. The van der Waals surface area contributed by atoms with E-state index in [1.165, 1.54) is 18.2 Å². The second-order valence-corrected chi connectivity index (χ2v) is 4.75. The van der Waals surface area contributed by atoms with Crippen LogP contribution < -0.4 is 10.1 Å². The van der Waals surface area contributed by atoms with Crippen molar-refractivity contribution in [3.63, 3.8) is 0 Å². The second-order valence-electron chi connectivity index (χ2n) is 3.94. The van der Waals surface area contributed by atoms with Gasteiger partial charge < -0.3 is 10.1 Å². The fourth-order valence-corrected chi connectivity index (χ4v) is 2.09.